The van der Waals surface area contributed by atoms with Gasteiger partial charge in [-0.05, 0) is 66.6 Å². The van der Waals surface area contributed by atoms with E-state index in [1.54, 1.807) is 28.0 Å². The Hall–Kier alpha value is -3.52. The van der Waals surface area contributed by atoms with Gasteiger partial charge in [0.1, 0.15) is 5.82 Å². The van der Waals surface area contributed by atoms with Crippen LogP contribution in [-0.2, 0) is 14.6 Å². The zero-order valence-corrected chi connectivity index (χ0v) is 19.3. The van der Waals surface area contributed by atoms with Crippen LogP contribution in [0.3, 0.4) is 0 Å². The average molecular weight is 467 g/mol. The van der Waals surface area contributed by atoms with Crippen molar-refractivity contribution in [3.05, 3.63) is 78.1 Å². The minimum Gasteiger partial charge on any atom is -0.306 e. The van der Waals surface area contributed by atoms with E-state index in [4.69, 9.17) is 0 Å². The third-order valence-electron chi connectivity index (χ3n) is 5.70. The Kier molecular flexibility index (Phi) is 5.80. The predicted molar refractivity (Wildman–Crippen MR) is 126 cm³/mol. The van der Waals surface area contributed by atoms with Gasteiger partial charge in [0, 0.05) is 25.3 Å². The highest BCUT2D eigenvalue weighted by molar-refractivity contribution is 7.90. The Labute approximate surface area is 192 Å². The Bertz CT molecular complexity index is 1340. The number of sulfone groups is 1. The van der Waals surface area contributed by atoms with E-state index in [2.05, 4.69) is 0 Å². The van der Waals surface area contributed by atoms with Crippen molar-refractivity contribution in [2.75, 3.05) is 22.6 Å². The fourth-order valence-corrected chi connectivity index (χ4v) is 4.75. The predicted octanol–water partition coefficient (Wildman–Crippen LogP) is 4.30. The molecule has 0 radical (unpaired) electrons. The van der Waals surface area contributed by atoms with E-state index in [-0.39, 0.29) is 29.3 Å². The molecule has 0 fully saturated rings. The Morgan fingerprint density at radius 1 is 0.909 bits per heavy atom. The average Bonchev–Trinajstić information content (AvgIpc) is 2.77. The van der Waals surface area contributed by atoms with E-state index >= 15 is 0 Å². The number of anilines is 2. The SMILES string of the molecule is CC(=O)N1c2ccc(-c3ccc(S(C)(=O)=O)cc3)cc2N(C(=O)c2ccc(F)cc2)CC1C. The van der Waals surface area contributed by atoms with Crippen LogP contribution >= 0.6 is 0 Å². The highest BCUT2D eigenvalue weighted by Gasteiger charge is 2.34. The van der Waals surface area contributed by atoms with Gasteiger partial charge >= 0.3 is 0 Å². The highest BCUT2D eigenvalue weighted by atomic mass is 32.2. The maximum absolute atomic E-state index is 13.4. The van der Waals surface area contributed by atoms with Gasteiger partial charge < -0.3 is 9.80 Å². The molecule has 2 amide bonds. The number of rotatable bonds is 3. The van der Waals surface area contributed by atoms with Gasteiger partial charge in [-0.1, -0.05) is 18.2 Å². The van der Waals surface area contributed by atoms with Crippen molar-refractivity contribution in [3.63, 3.8) is 0 Å². The van der Waals surface area contributed by atoms with Gasteiger partial charge in [-0.2, -0.15) is 0 Å². The second kappa shape index (κ2) is 8.44. The number of nitrogens with zero attached hydrogens (tertiary/aromatic N) is 2. The molecule has 0 spiro atoms. The number of hydrogen-bond acceptors (Lipinski definition) is 4. The molecule has 0 aliphatic carbocycles. The molecule has 4 rings (SSSR count). The summed E-state index contributed by atoms with van der Waals surface area (Å²) in [5.74, 6) is -0.861. The number of hydrogen-bond donors (Lipinski definition) is 0. The summed E-state index contributed by atoms with van der Waals surface area (Å²) in [6.45, 7) is 3.63. The van der Waals surface area contributed by atoms with Crippen LogP contribution in [0, 0.1) is 5.82 Å². The quantitative estimate of drug-likeness (QED) is 0.577. The molecule has 6 nitrogen and oxygen atoms in total. The molecule has 1 aliphatic rings. The first kappa shape index (κ1) is 22.7. The number of carbonyl (C=O) groups excluding carboxylic acids is 2. The van der Waals surface area contributed by atoms with Crippen molar-refractivity contribution in [1.29, 1.82) is 0 Å². The molecule has 1 aliphatic heterocycles. The van der Waals surface area contributed by atoms with Crippen molar-refractivity contribution in [1.82, 2.24) is 0 Å². The molecule has 0 saturated heterocycles. The van der Waals surface area contributed by atoms with E-state index in [0.29, 0.717) is 16.9 Å². The molecule has 0 bridgehead atoms. The van der Waals surface area contributed by atoms with Gasteiger partial charge in [0.15, 0.2) is 9.84 Å². The number of amides is 2. The Morgan fingerprint density at radius 3 is 2.09 bits per heavy atom. The van der Waals surface area contributed by atoms with Crippen molar-refractivity contribution in [2.45, 2.75) is 24.8 Å². The minimum atomic E-state index is -3.32. The maximum atomic E-state index is 13.4. The molecule has 0 N–H and O–H groups in total. The molecule has 170 valence electrons. The van der Waals surface area contributed by atoms with Crippen LogP contribution in [-0.4, -0.2) is 39.1 Å². The van der Waals surface area contributed by atoms with Crippen LogP contribution in [0.25, 0.3) is 11.1 Å². The van der Waals surface area contributed by atoms with Crippen molar-refractivity contribution in [2.24, 2.45) is 0 Å². The lowest BCUT2D eigenvalue weighted by Gasteiger charge is -2.41. The molecule has 1 unspecified atom stereocenters. The zero-order chi connectivity index (χ0) is 23.9. The molecule has 1 heterocycles. The van der Waals surface area contributed by atoms with E-state index in [9.17, 15) is 22.4 Å². The molecule has 1 atom stereocenters. The number of benzene rings is 3. The van der Waals surface area contributed by atoms with Gasteiger partial charge in [-0.15, -0.1) is 0 Å². The number of carbonyl (C=O) groups is 2. The van der Waals surface area contributed by atoms with E-state index in [1.165, 1.54) is 43.3 Å². The lowest BCUT2D eigenvalue weighted by Crippen LogP contribution is -2.51. The smallest absolute Gasteiger partial charge is 0.258 e. The summed E-state index contributed by atoms with van der Waals surface area (Å²) in [6.07, 6.45) is 1.15. The molecular weight excluding hydrogens is 443 g/mol. The molecule has 33 heavy (non-hydrogen) atoms. The van der Waals surface area contributed by atoms with Crippen LogP contribution in [0.4, 0.5) is 15.8 Å². The van der Waals surface area contributed by atoms with Crippen LogP contribution < -0.4 is 9.80 Å². The Morgan fingerprint density at radius 2 is 1.52 bits per heavy atom. The summed E-state index contributed by atoms with van der Waals surface area (Å²) in [7, 11) is -3.32. The van der Waals surface area contributed by atoms with Crippen LogP contribution in [0.1, 0.15) is 24.2 Å². The second-order valence-corrected chi connectivity index (χ2v) is 10.2. The van der Waals surface area contributed by atoms with E-state index < -0.39 is 15.7 Å². The first-order valence-electron chi connectivity index (χ1n) is 10.4. The van der Waals surface area contributed by atoms with Gasteiger partial charge in [-0.25, -0.2) is 12.8 Å². The lowest BCUT2D eigenvalue weighted by molar-refractivity contribution is -0.117. The highest BCUT2D eigenvalue weighted by Crippen LogP contribution is 2.39. The van der Waals surface area contributed by atoms with Gasteiger partial charge in [-0.3, -0.25) is 9.59 Å². The van der Waals surface area contributed by atoms with Crippen LogP contribution in [0.5, 0.6) is 0 Å². The topological polar surface area (TPSA) is 74.8 Å². The number of fused-ring (bicyclic) bond motifs is 1. The van der Waals surface area contributed by atoms with Crippen molar-refractivity contribution in [3.8, 4) is 11.1 Å². The monoisotopic (exact) mass is 466 g/mol. The summed E-state index contributed by atoms with van der Waals surface area (Å²) in [5.41, 5.74) is 3.04. The molecule has 3 aromatic carbocycles. The molecule has 0 saturated carbocycles. The summed E-state index contributed by atoms with van der Waals surface area (Å²) < 4.78 is 36.9. The van der Waals surface area contributed by atoms with Gasteiger partial charge in [0.05, 0.1) is 22.3 Å². The standard InChI is InChI=1S/C25H23FN2O4S/c1-16-15-27(25(30)19-4-9-21(26)10-5-19)24-14-20(8-13-23(24)28(16)17(2)29)18-6-11-22(12-7-18)33(3,31)32/h4-14,16H,15H2,1-3H3. The third kappa shape index (κ3) is 4.39. The summed E-state index contributed by atoms with van der Waals surface area (Å²) in [5, 5.41) is 0. The minimum absolute atomic E-state index is 0.136. The van der Waals surface area contributed by atoms with Crippen LogP contribution in [0.2, 0.25) is 0 Å². The summed E-state index contributed by atoms with van der Waals surface area (Å²) in [4.78, 5) is 29.2. The van der Waals surface area contributed by atoms with Crippen molar-refractivity contribution >= 4 is 33.0 Å². The molecule has 8 heteroatoms. The second-order valence-electron chi connectivity index (χ2n) is 8.16. The summed E-state index contributed by atoms with van der Waals surface area (Å²) in [6, 6.07) is 17.0. The fraction of sp³-hybridized carbons (Fsp3) is 0.200. The normalized spacial score (nSPS) is 15.8. The van der Waals surface area contributed by atoms with Gasteiger partial charge in [0.25, 0.3) is 5.91 Å². The first-order chi connectivity index (χ1) is 15.6. The third-order valence-corrected chi connectivity index (χ3v) is 6.83. The fourth-order valence-electron chi connectivity index (χ4n) is 4.12. The zero-order valence-electron chi connectivity index (χ0n) is 18.4. The largest absolute Gasteiger partial charge is 0.306 e. The van der Waals surface area contributed by atoms with Crippen LogP contribution in [0.15, 0.2) is 71.6 Å². The van der Waals surface area contributed by atoms with Crippen molar-refractivity contribution < 1.29 is 22.4 Å². The van der Waals surface area contributed by atoms with E-state index in [0.717, 1.165) is 17.4 Å². The molecule has 0 aromatic heterocycles. The number of halogens is 1. The van der Waals surface area contributed by atoms with Gasteiger partial charge in [0.2, 0.25) is 5.91 Å². The lowest BCUT2D eigenvalue weighted by atomic mass is 10.00. The van der Waals surface area contributed by atoms with E-state index in [1.807, 2.05) is 19.1 Å². The first-order valence-corrected chi connectivity index (χ1v) is 12.3. The molecule has 3 aromatic rings. The Balaban J connectivity index is 1.81. The molecular formula is C25H23FN2O4S. The summed E-state index contributed by atoms with van der Waals surface area (Å²) >= 11 is 0. The maximum Gasteiger partial charge on any atom is 0.258 e.